The summed E-state index contributed by atoms with van der Waals surface area (Å²) >= 11 is 0. The summed E-state index contributed by atoms with van der Waals surface area (Å²) in [6, 6.07) is 1.76. The van der Waals surface area contributed by atoms with Gasteiger partial charge in [0.15, 0.2) is 5.84 Å². The van der Waals surface area contributed by atoms with Crippen LogP contribution in [0.1, 0.15) is 11.1 Å². The zero-order valence-electron chi connectivity index (χ0n) is 11.1. The first-order valence-corrected chi connectivity index (χ1v) is 5.83. The number of nitrogens with zero attached hydrogens (tertiary/aromatic N) is 2. The second-order valence-corrected chi connectivity index (χ2v) is 3.75. The summed E-state index contributed by atoms with van der Waals surface area (Å²) in [6.07, 6.45) is 1.60. The van der Waals surface area contributed by atoms with Crippen molar-refractivity contribution in [3.05, 3.63) is 23.4 Å². The molecule has 1 heterocycles. The monoisotopic (exact) mass is 269 g/mol. The van der Waals surface area contributed by atoms with E-state index in [-0.39, 0.29) is 5.84 Å². The zero-order valence-corrected chi connectivity index (χ0v) is 11.1. The van der Waals surface area contributed by atoms with Gasteiger partial charge in [0.05, 0.1) is 25.4 Å². The molecule has 1 aromatic heterocycles. The SMILES string of the molecule is COCCOCCOc1nccc(C)c1/C(N)=N/O. The number of methoxy groups -OCH3 is 1. The number of hydrogen-bond donors (Lipinski definition) is 2. The molecule has 0 saturated heterocycles. The third kappa shape index (κ3) is 4.72. The van der Waals surface area contributed by atoms with Gasteiger partial charge in [-0.2, -0.15) is 0 Å². The van der Waals surface area contributed by atoms with Gasteiger partial charge in [-0.05, 0) is 18.6 Å². The van der Waals surface area contributed by atoms with E-state index in [1.54, 1.807) is 19.4 Å². The number of rotatable bonds is 8. The largest absolute Gasteiger partial charge is 0.475 e. The highest BCUT2D eigenvalue weighted by Gasteiger charge is 2.12. The van der Waals surface area contributed by atoms with Crippen molar-refractivity contribution in [1.82, 2.24) is 4.98 Å². The van der Waals surface area contributed by atoms with E-state index in [0.29, 0.717) is 37.9 Å². The van der Waals surface area contributed by atoms with E-state index in [2.05, 4.69) is 10.1 Å². The highest BCUT2D eigenvalue weighted by atomic mass is 16.5. The van der Waals surface area contributed by atoms with Crippen LogP contribution < -0.4 is 10.5 Å². The first-order chi connectivity index (χ1) is 9.20. The molecule has 0 unspecified atom stereocenters. The number of ether oxygens (including phenoxy) is 3. The average molecular weight is 269 g/mol. The minimum Gasteiger partial charge on any atom is -0.475 e. The van der Waals surface area contributed by atoms with Gasteiger partial charge in [-0.15, -0.1) is 0 Å². The number of nitrogens with two attached hydrogens (primary N) is 1. The topological polar surface area (TPSA) is 99.2 Å². The summed E-state index contributed by atoms with van der Waals surface area (Å²) in [5.74, 6) is 0.298. The average Bonchev–Trinajstić information content (AvgIpc) is 2.42. The van der Waals surface area contributed by atoms with Crippen LogP contribution in [0.2, 0.25) is 0 Å². The van der Waals surface area contributed by atoms with Gasteiger partial charge < -0.3 is 25.2 Å². The Bertz CT molecular complexity index is 423. The molecule has 0 atom stereocenters. The molecule has 0 bridgehead atoms. The van der Waals surface area contributed by atoms with Crippen molar-refractivity contribution in [2.75, 3.05) is 33.5 Å². The molecule has 0 aliphatic heterocycles. The lowest BCUT2D eigenvalue weighted by molar-refractivity contribution is 0.0536. The van der Waals surface area contributed by atoms with Gasteiger partial charge in [0, 0.05) is 13.3 Å². The number of oxime groups is 1. The molecule has 106 valence electrons. The van der Waals surface area contributed by atoms with E-state index < -0.39 is 0 Å². The summed E-state index contributed by atoms with van der Waals surface area (Å²) in [4.78, 5) is 4.07. The lowest BCUT2D eigenvalue weighted by atomic mass is 10.1. The van der Waals surface area contributed by atoms with E-state index in [1.807, 2.05) is 6.92 Å². The fraction of sp³-hybridized carbons (Fsp3) is 0.500. The fourth-order valence-electron chi connectivity index (χ4n) is 1.45. The Kier molecular flexibility index (Phi) is 6.62. The second kappa shape index (κ2) is 8.28. The van der Waals surface area contributed by atoms with Crippen molar-refractivity contribution in [1.29, 1.82) is 0 Å². The minimum absolute atomic E-state index is 0.0269. The highest BCUT2D eigenvalue weighted by Crippen LogP contribution is 2.18. The van der Waals surface area contributed by atoms with Crippen LogP contribution in [0.15, 0.2) is 17.4 Å². The standard InChI is InChI=1S/C12H19N3O4/c1-9-3-4-14-12(10(9)11(13)15-16)19-8-7-18-6-5-17-2/h3-4,16H,5-8H2,1-2H3,(H2,13,15). The summed E-state index contributed by atoms with van der Waals surface area (Å²) in [7, 11) is 1.61. The van der Waals surface area contributed by atoms with Crippen LogP contribution in [-0.2, 0) is 9.47 Å². The second-order valence-electron chi connectivity index (χ2n) is 3.75. The number of amidine groups is 1. The Morgan fingerprint density at radius 3 is 2.79 bits per heavy atom. The molecule has 7 heteroatoms. The van der Waals surface area contributed by atoms with E-state index in [4.69, 9.17) is 25.2 Å². The van der Waals surface area contributed by atoms with Gasteiger partial charge in [0.1, 0.15) is 6.61 Å². The van der Waals surface area contributed by atoms with Crippen LogP contribution in [0.25, 0.3) is 0 Å². The van der Waals surface area contributed by atoms with Crippen LogP contribution in [0.4, 0.5) is 0 Å². The maximum absolute atomic E-state index is 8.75. The molecular formula is C12H19N3O4. The normalized spacial score (nSPS) is 11.6. The summed E-state index contributed by atoms with van der Waals surface area (Å²) in [5.41, 5.74) is 6.91. The minimum atomic E-state index is -0.0269. The van der Waals surface area contributed by atoms with Crippen molar-refractivity contribution in [2.24, 2.45) is 10.9 Å². The summed E-state index contributed by atoms with van der Waals surface area (Å²) < 4.78 is 15.6. The molecule has 1 rings (SSSR count). The van der Waals surface area contributed by atoms with Crippen molar-refractivity contribution in [2.45, 2.75) is 6.92 Å². The highest BCUT2D eigenvalue weighted by molar-refractivity contribution is 6.00. The van der Waals surface area contributed by atoms with Gasteiger partial charge in [0.25, 0.3) is 0 Å². The molecule has 3 N–H and O–H groups in total. The summed E-state index contributed by atoms with van der Waals surface area (Å²) in [6.45, 7) is 3.61. The Morgan fingerprint density at radius 2 is 2.11 bits per heavy atom. The van der Waals surface area contributed by atoms with Crippen molar-refractivity contribution < 1.29 is 19.4 Å². The summed E-state index contributed by atoms with van der Waals surface area (Å²) in [5, 5.41) is 11.7. The van der Waals surface area contributed by atoms with Crippen LogP contribution >= 0.6 is 0 Å². The molecule has 0 amide bonds. The third-order valence-corrected chi connectivity index (χ3v) is 2.39. The van der Waals surface area contributed by atoms with Crippen molar-refractivity contribution in [3.63, 3.8) is 0 Å². The molecule has 0 radical (unpaired) electrons. The van der Waals surface area contributed by atoms with Crippen LogP contribution in [0.5, 0.6) is 5.88 Å². The van der Waals surface area contributed by atoms with Gasteiger partial charge in [-0.25, -0.2) is 4.98 Å². The van der Waals surface area contributed by atoms with Gasteiger partial charge >= 0.3 is 0 Å². The lowest BCUT2D eigenvalue weighted by Gasteiger charge is -2.11. The maximum atomic E-state index is 8.75. The van der Waals surface area contributed by atoms with Crippen LogP contribution in [0.3, 0.4) is 0 Å². The number of aromatic nitrogens is 1. The van der Waals surface area contributed by atoms with E-state index in [1.165, 1.54) is 0 Å². The molecule has 0 aliphatic carbocycles. The Hall–Kier alpha value is -1.86. The molecule has 0 saturated carbocycles. The molecule has 0 aliphatic rings. The van der Waals surface area contributed by atoms with Gasteiger partial charge in [-0.1, -0.05) is 5.16 Å². The van der Waals surface area contributed by atoms with Crippen LogP contribution in [-0.4, -0.2) is 49.6 Å². The molecule has 0 fully saturated rings. The predicted octanol–water partition coefficient (Wildman–Crippen LogP) is 0.526. The predicted molar refractivity (Wildman–Crippen MR) is 69.7 cm³/mol. The molecule has 19 heavy (non-hydrogen) atoms. The zero-order chi connectivity index (χ0) is 14.1. The fourth-order valence-corrected chi connectivity index (χ4v) is 1.45. The Labute approximate surface area is 112 Å². The Morgan fingerprint density at radius 1 is 1.37 bits per heavy atom. The smallest absolute Gasteiger partial charge is 0.224 e. The number of hydrogen-bond acceptors (Lipinski definition) is 6. The quantitative estimate of drug-likeness (QED) is 0.235. The van der Waals surface area contributed by atoms with Crippen molar-refractivity contribution in [3.8, 4) is 5.88 Å². The number of pyridine rings is 1. The number of aryl methyl sites for hydroxylation is 1. The van der Waals surface area contributed by atoms with Crippen molar-refractivity contribution >= 4 is 5.84 Å². The van der Waals surface area contributed by atoms with E-state index in [9.17, 15) is 0 Å². The molecule has 0 aromatic carbocycles. The van der Waals surface area contributed by atoms with Crippen LogP contribution in [0, 0.1) is 6.92 Å². The Balaban J connectivity index is 2.56. The van der Waals surface area contributed by atoms with Gasteiger partial charge in [0.2, 0.25) is 5.88 Å². The first-order valence-electron chi connectivity index (χ1n) is 5.83. The first kappa shape index (κ1) is 15.2. The molecule has 0 spiro atoms. The lowest BCUT2D eigenvalue weighted by Crippen LogP contribution is -2.18. The third-order valence-electron chi connectivity index (χ3n) is 2.39. The molecular weight excluding hydrogens is 250 g/mol. The van der Waals surface area contributed by atoms with E-state index in [0.717, 1.165) is 5.56 Å². The molecule has 7 nitrogen and oxygen atoms in total. The maximum Gasteiger partial charge on any atom is 0.224 e. The van der Waals surface area contributed by atoms with Gasteiger partial charge in [-0.3, -0.25) is 0 Å². The van der Waals surface area contributed by atoms with E-state index >= 15 is 0 Å². The molecule has 1 aromatic rings.